The summed E-state index contributed by atoms with van der Waals surface area (Å²) in [5.74, 6) is 0. The van der Waals surface area contributed by atoms with Gasteiger partial charge in [-0.25, -0.2) is 0 Å². The Morgan fingerprint density at radius 1 is 1.70 bits per heavy atom. The van der Waals surface area contributed by atoms with E-state index in [2.05, 4.69) is 0 Å². The van der Waals surface area contributed by atoms with Crippen molar-refractivity contribution in [2.45, 2.75) is 50.4 Å². The van der Waals surface area contributed by atoms with Crippen LogP contribution in [0.25, 0.3) is 0 Å². The van der Waals surface area contributed by atoms with Crippen LogP contribution in [0.2, 0.25) is 0 Å². The first-order valence-electron chi connectivity index (χ1n) is 4.09. The number of epoxide rings is 1. The van der Waals surface area contributed by atoms with Crippen LogP contribution in [0, 0.1) is 0 Å². The minimum Gasteiger partial charge on any atom is -0.393 e. The second-order valence-electron chi connectivity index (χ2n) is 3.61. The molecule has 1 aliphatic heterocycles. The number of rotatable bonds is 2. The Kier molecular flexibility index (Phi) is 1.29. The van der Waals surface area contributed by atoms with Gasteiger partial charge in [0.15, 0.2) is 0 Å². The van der Waals surface area contributed by atoms with Gasteiger partial charge in [-0.1, -0.05) is 0 Å². The first-order valence-corrected chi connectivity index (χ1v) is 4.09. The zero-order valence-corrected chi connectivity index (χ0v) is 6.34. The van der Waals surface area contributed by atoms with Crippen molar-refractivity contribution in [3.63, 3.8) is 0 Å². The van der Waals surface area contributed by atoms with Gasteiger partial charge < -0.3 is 9.84 Å². The molecule has 1 N–H and O–H groups in total. The molecule has 2 fully saturated rings. The maximum atomic E-state index is 9.03. The molecule has 2 nitrogen and oxygen atoms in total. The van der Waals surface area contributed by atoms with E-state index in [4.69, 9.17) is 9.84 Å². The number of hydrogen-bond acceptors (Lipinski definition) is 2. The average molecular weight is 142 g/mol. The van der Waals surface area contributed by atoms with Gasteiger partial charge in [0.1, 0.15) is 0 Å². The lowest BCUT2D eigenvalue weighted by molar-refractivity contribution is 0.168. The smallest absolute Gasteiger partial charge is 0.0949 e. The summed E-state index contributed by atoms with van der Waals surface area (Å²) in [6, 6.07) is 0. The monoisotopic (exact) mass is 142 g/mol. The zero-order valence-electron chi connectivity index (χ0n) is 6.34. The molecule has 2 aliphatic rings. The lowest BCUT2D eigenvalue weighted by Gasteiger charge is -2.21. The van der Waals surface area contributed by atoms with E-state index in [0.717, 1.165) is 6.42 Å². The third kappa shape index (κ3) is 0.867. The summed E-state index contributed by atoms with van der Waals surface area (Å²) < 4.78 is 5.49. The summed E-state index contributed by atoms with van der Waals surface area (Å²) in [5, 5.41) is 9.03. The Bertz CT molecular complexity index is 138. The van der Waals surface area contributed by atoms with Crippen LogP contribution >= 0.6 is 0 Å². The summed E-state index contributed by atoms with van der Waals surface area (Å²) in [7, 11) is 0. The van der Waals surface area contributed by atoms with Gasteiger partial charge in [0.25, 0.3) is 0 Å². The molecule has 1 spiro atoms. The largest absolute Gasteiger partial charge is 0.393 e. The Hall–Kier alpha value is -0.0800. The van der Waals surface area contributed by atoms with Crippen molar-refractivity contribution in [1.29, 1.82) is 0 Å². The first-order chi connectivity index (χ1) is 4.73. The predicted molar refractivity (Wildman–Crippen MR) is 37.8 cm³/mol. The third-order valence-corrected chi connectivity index (χ3v) is 2.66. The lowest BCUT2D eigenvalue weighted by Crippen LogP contribution is -2.25. The molecule has 2 atom stereocenters. The van der Waals surface area contributed by atoms with Crippen LogP contribution in [-0.2, 0) is 4.74 Å². The SMILES string of the molecule is C[C@@H](O)C[C@H]1OC12CCC2. The Morgan fingerprint density at radius 2 is 2.40 bits per heavy atom. The molecule has 0 radical (unpaired) electrons. The molecule has 10 heavy (non-hydrogen) atoms. The molecule has 0 aromatic rings. The standard InChI is InChI=1S/C8H14O2/c1-6(9)5-7-8(10-7)3-2-4-8/h6-7,9H,2-5H2,1H3/t6-,7-/m1/s1. The molecule has 0 amide bonds. The van der Waals surface area contributed by atoms with Crippen molar-refractivity contribution in [2.24, 2.45) is 0 Å². The molecule has 58 valence electrons. The van der Waals surface area contributed by atoms with E-state index >= 15 is 0 Å². The van der Waals surface area contributed by atoms with Crippen molar-refractivity contribution in [2.75, 3.05) is 0 Å². The Balaban J connectivity index is 1.79. The van der Waals surface area contributed by atoms with Crippen molar-refractivity contribution in [1.82, 2.24) is 0 Å². The molecule has 0 unspecified atom stereocenters. The van der Waals surface area contributed by atoms with Gasteiger partial charge in [-0.2, -0.15) is 0 Å². The fourth-order valence-corrected chi connectivity index (χ4v) is 1.79. The lowest BCUT2D eigenvalue weighted by atomic mass is 9.81. The summed E-state index contributed by atoms with van der Waals surface area (Å²) in [6.45, 7) is 1.83. The quantitative estimate of drug-likeness (QED) is 0.585. The molecule has 0 aromatic heterocycles. The fourth-order valence-electron chi connectivity index (χ4n) is 1.79. The van der Waals surface area contributed by atoms with Crippen molar-refractivity contribution >= 4 is 0 Å². The minimum atomic E-state index is -0.190. The number of ether oxygens (including phenoxy) is 1. The highest BCUT2D eigenvalue weighted by molar-refractivity contribution is 5.08. The number of aliphatic hydroxyl groups excluding tert-OH is 1. The molecular weight excluding hydrogens is 128 g/mol. The van der Waals surface area contributed by atoms with Gasteiger partial charge in [-0.3, -0.25) is 0 Å². The van der Waals surface area contributed by atoms with E-state index in [1.54, 1.807) is 0 Å². The maximum absolute atomic E-state index is 9.03. The first kappa shape index (κ1) is 6.62. The molecule has 1 aliphatic carbocycles. The highest BCUT2D eigenvalue weighted by atomic mass is 16.6. The Labute approximate surface area is 61.2 Å². The predicted octanol–water partition coefficient (Wildman–Crippen LogP) is 1.08. The van der Waals surface area contributed by atoms with Crippen LogP contribution in [0.15, 0.2) is 0 Å². The summed E-state index contributed by atoms with van der Waals surface area (Å²) in [6.07, 6.45) is 4.80. The van der Waals surface area contributed by atoms with Gasteiger partial charge in [-0.15, -0.1) is 0 Å². The normalized spacial score (nSPS) is 37.2. The van der Waals surface area contributed by atoms with E-state index in [1.165, 1.54) is 19.3 Å². The number of hydrogen-bond donors (Lipinski definition) is 1. The highest BCUT2D eigenvalue weighted by Gasteiger charge is 2.59. The van der Waals surface area contributed by atoms with Crippen molar-refractivity contribution in [3.05, 3.63) is 0 Å². The van der Waals surface area contributed by atoms with E-state index in [-0.39, 0.29) is 11.7 Å². The molecule has 1 heterocycles. The minimum absolute atomic E-state index is 0.190. The number of aliphatic hydroxyl groups is 1. The second kappa shape index (κ2) is 1.95. The second-order valence-corrected chi connectivity index (χ2v) is 3.61. The molecule has 2 heteroatoms. The highest BCUT2D eigenvalue weighted by Crippen LogP contribution is 2.53. The van der Waals surface area contributed by atoms with Crippen LogP contribution in [0.5, 0.6) is 0 Å². The summed E-state index contributed by atoms with van der Waals surface area (Å²) in [5.41, 5.74) is 0.261. The van der Waals surface area contributed by atoms with Crippen LogP contribution in [0.3, 0.4) is 0 Å². The van der Waals surface area contributed by atoms with Crippen LogP contribution < -0.4 is 0 Å². The van der Waals surface area contributed by atoms with Gasteiger partial charge in [0, 0.05) is 6.42 Å². The molecular formula is C8H14O2. The van der Waals surface area contributed by atoms with E-state index in [1.807, 2.05) is 6.92 Å². The zero-order chi connectivity index (χ0) is 7.19. The van der Waals surface area contributed by atoms with Gasteiger partial charge in [-0.05, 0) is 26.2 Å². The van der Waals surface area contributed by atoms with Gasteiger partial charge in [0.2, 0.25) is 0 Å². The van der Waals surface area contributed by atoms with E-state index in [0.29, 0.717) is 6.10 Å². The summed E-state index contributed by atoms with van der Waals surface area (Å²) >= 11 is 0. The van der Waals surface area contributed by atoms with Crippen molar-refractivity contribution < 1.29 is 9.84 Å². The van der Waals surface area contributed by atoms with E-state index in [9.17, 15) is 0 Å². The van der Waals surface area contributed by atoms with Gasteiger partial charge >= 0.3 is 0 Å². The maximum Gasteiger partial charge on any atom is 0.0949 e. The fraction of sp³-hybridized carbons (Fsp3) is 1.00. The van der Waals surface area contributed by atoms with Gasteiger partial charge in [0.05, 0.1) is 17.8 Å². The molecule has 2 rings (SSSR count). The summed E-state index contributed by atoms with van der Waals surface area (Å²) in [4.78, 5) is 0. The molecule has 0 aromatic carbocycles. The molecule has 0 bridgehead atoms. The molecule has 1 saturated heterocycles. The van der Waals surface area contributed by atoms with E-state index < -0.39 is 0 Å². The topological polar surface area (TPSA) is 32.8 Å². The average Bonchev–Trinajstić information content (AvgIpc) is 2.37. The van der Waals surface area contributed by atoms with Crippen LogP contribution in [-0.4, -0.2) is 22.9 Å². The third-order valence-electron chi connectivity index (χ3n) is 2.66. The van der Waals surface area contributed by atoms with Crippen LogP contribution in [0.1, 0.15) is 32.6 Å². The molecule has 1 saturated carbocycles. The van der Waals surface area contributed by atoms with Crippen molar-refractivity contribution in [3.8, 4) is 0 Å². The van der Waals surface area contributed by atoms with Crippen LogP contribution in [0.4, 0.5) is 0 Å². The Morgan fingerprint density at radius 3 is 2.70 bits per heavy atom.